The molecule has 1 aromatic rings. The summed E-state index contributed by atoms with van der Waals surface area (Å²) in [6, 6.07) is -0.470. The van der Waals surface area contributed by atoms with Gasteiger partial charge in [0, 0.05) is 13.1 Å². The molecule has 11 heteroatoms. The molecule has 0 saturated carbocycles. The average molecular weight is 410 g/mol. The third-order valence-electron chi connectivity index (χ3n) is 4.88. The molecule has 29 heavy (non-hydrogen) atoms. The zero-order chi connectivity index (χ0) is 22.4. The molecule has 0 aliphatic rings. The first-order valence-corrected chi connectivity index (χ1v) is 9.23. The maximum Gasteiger partial charge on any atom is 0.435 e. The smallest absolute Gasteiger partial charge is 0.390 e. The van der Waals surface area contributed by atoms with Crippen molar-refractivity contribution in [2.75, 3.05) is 13.1 Å². The van der Waals surface area contributed by atoms with Gasteiger partial charge in [-0.1, -0.05) is 4.98 Å². The highest BCUT2D eigenvalue weighted by molar-refractivity contribution is 5.85. The Hall–Kier alpha value is -2.66. The fourth-order valence-corrected chi connectivity index (χ4v) is 2.20. The van der Waals surface area contributed by atoms with E-state index in [9.17, 15) is 24.5 Å². The lowest BCUT2D eigenvalue weighted by Crippen LogP contribution is -2.57. The molecule has 162 valence electrons. The van der Waals surface area contributed by atoms with E-state index < -0.39 is 33.9 Å². The molecule has 3 N–H and O–H groups in total. The van der Waals surface area contributed by atoms with Gasteiger partial charge in [-0.05, 0) is 46.5 Å². The highest BCUT2D eigenvalue weighted by Gasteiger charge is 2.28. The van der Waals surface area contributed by atoms with Gasteiger partial charge in [0.05, 0.1) is 17.1 Å². The average Bonchev–Trinajstić information content (AvgIpc) is 3.05. The number of nitrogens with zero attached hydrogens (tertiary/aromatic N) is 3. The van der Waals surface area contributed by atoms with Crippen LogP contribution in [-0.4, -0.2) is 62.2 Å². The molecule has 0 saturated heterocycles. The van der Waals surface area contributed by atoms with Crippen LogP contribution in [0.25, 0.3) is 0 Å². The number of Topliss-reactive ketones (excluding diaryl/α,β-unsaturated/α-hetero) is 2. The van der Waals surface area contributed by atoms with E-state index in [0.29, 0.717) is 0 Å². The topological polar surface area (TPSA) is 148 Å². The molecule has 11 nitrogen and oxygen atoms in total. The number of hydrogen-bond acceptors (Lipinski definition) is 8. The third-order valence-corrected chi connectivity index (χ3v) is 4.88. The normalized spacial score (nSPS) is 12.1. The Morgan fingerprint density at radius 3 is 2.00 bits per heavy atom. The summed E-state index contributed by atoms with van der Waals surface area (Å²) in [5, 5.41) is 19.9. The van der Waals surface area contributed by atoms with Crippen molar-refractivity contribution in [1.82, 2.24) is 25.5 Å². The second-order valence-corrected chi connectivity index (χ2v) is 8.00. The summed E-state index contributed by atoms with van der Waals surface area (Å²) in [6.07, 6.45) is 2.59. The minimum Gasteiger partial charge on any atom is -0.390 e. The Morgan fingerprint density at radius 2 is 1.59 bits per heavy atom. The number of rotatable bonds is 12. The van der Waals surface area contributed by atoms with Crippen molar-refractivity contribution in [3.8, 4) is 0 Å². The number of carbonyl (C=O) groups is 3. The van der Waals surface area contributed by atoms with Crippen molar-refractivity contribution in [3.05, 3.63) is 22.5 Å². The van der Waals surface area contributed by atoms with Crippen molar-refractivity contribution in [3.63, 3.8) is 0 Å². The monoisotopic (exact) mass is 410 g/mol. The van der Waals surface area contributed by atoms with Gasteiger partial charge in [-0.3, -0.25) is 14.4 Å². The van der Waals surface area contributed by atoms with E-state index in [4.69, 9.17) is 0 Å². The second kappa shape index (κ2) is 9.70. The Labute approximate surface area is 169 Å². The molecule has 1 amide bonds. The van der Waals surface area contributed by atoms with Crippen LogP contribution in [-0.2, 0) is 20.9 Å². The molecule has 0 spiro atoms. The second-order valence-electron chi connectivity index (χ2n) is 8.00. The third kappa shape index (κ3) is 7.35. The summed E-state index contributed by atoms with van der Waals surface area (Å²) in [5.41, 5.74) is -1.58. The van der Waals surface area contributed by atoms with Crippen molar-refractivity contribution in [2.45, 2.75) is 65.2 Å². The molecular weight excluding hydrogens is 380 g/mol. The van der Waals surface area contributed by atoms with Gasteiger partial charge in [0.15, 0.2) is 6.54 Å². The predicted molar refractivity (Wildman–Crippen MR) is 106 cm³/mol. The Balaban J connectivity index is 2.84. The first kappa shape index (κ1) is 24.4. The highest BCUT2D eigenvalue weighted by atomic mass is 16.6. The lowest BCUT2D eigenvalue weighted by molar-refractivity contribution is -0.396. The van der Waals surface area contributed by atoms with Crippen LogP contribution in [0.5, 0.6) is 0 Å². The summed E-state index contributed by atoms with van der Waals surface area (Å²) >= 11 is 0. The molecule has 0 aromatic carbocycles. The SMILES string of the molecule is CC(=O)C(C)(C)NCC(CNC(C)(C)C(C)=O)NC(=O)Cn1ccnc1[N+](=O)[O-]. The fourth-order valence-electron chi connectivity index (χ4n) is 2.20. The van der Waals surface area contributed by atoms with Gasteiger partial charge in [0.25, 0.3) is 5.91 Å². The first-order valence-electron chi connectivity index (χ1n) is 9.23. The van der Waals surface area contributed by atoms with E-state index in [1.807, 2.05) is 0 Å². The number of hydrogen-bond donors (Lipinski definition) is 3. The van der Waals surface area contributed by atoms with E-state index in [0.717, 1.165) is 4.57 Å². The maximum absolute atomic E-state index is 12.4. The molecular formula is C18H30N6O5. The minimum atomic E-state index is -0.789. The molecule has 1 aromatic heterocycles. The van der Waals surface area contributed by atoms with Crippen molar-refractivity contribution >= 4 is 23.4 Å². The Bertz CT molecular complexity index is 741. The molecule has 0 radical (unpaired) electrons. The lowest BCUT2D eigenvalue weighted by atomic mass is 9.99. The van der Waals surface area contributed by atoms with Crippen LogP contribution in [0, 0.1) is 10.1 Å². The van der Waals surface area contributed by atoms with Gasteiger partial charge in [-0.2, -0.15) is 0 Å². The summed E-state index contributed by atoms with van der Waals surface area (Å²) in [6.45, 7) is 10.1. The van der Waals surface area contributed by atoms with E-state index in [-0.39, 0.29) is 31.2 Å². The van der Waals surface area contributed by atoms with Crippen LogP contribution in [0.1, 0.15) is 41.5 Å². The highest BCUT2D eigenvalue weighted by Crippen LogP contribution is 2.08. The lowest BCUT2D eigenvalue weighted by Gasteiger charge is -2.30. The van der Waals surface area contributed by atoms with Gasteiger partial charge in [0.1, 0.15) is 24.0 Å². The van der Waals surface area contributed by atoms with Gasteiger partial charge in [0.2, 0.25) is 0 Å². The number of aromatic nitrogens is 2. The molecule has 0 bridgehead atoms. The number of imidazole rings is 1. The Kier molecular flexibility index (Phi) is 8.15. The molecule has 0 fully saturated rings. The quantitative estimate of drug-likeness (QED) is 0.327. The van der Waals surface area contributed by atoms with Crippen LogP contribution >= 0.6 is 0 Å². The summed E-state index contributed by atoms with van der Waals surface area (Å²) < 4.78 is 1.13. The molecule has 0 aliphatic heterocycles. The van der Waals surface area contributed by atoms with E-state index in [1.54, 1.807) is 27.7 Å². The number of nitro groups is 1. The van der Waals surface area contributed by atoms with Crippen LogP contribution in [0.3, 0.4) is 0 Å². The van der Waals surface area contributed by atoms with Gasteiger partial charge >= 0.3 is 5.95 Å². The number of amides is 1. The summed E-state index contributed by atoms with van der Waals surface area (Å²) in [7, 11) is 0. The molecule has 0 atom stereocenters. The fraction of sp³-hybridized carbons (Fsp3) is 0.667. The largest absolute Gasteiger partial charge is 0.435 e. The molecule has 0 unspecified atom stereocenters. The maximum atomic E-state index is 12.4. The van der Waals surface area contributed by atoms with Gasteiger partial charge in [-0.15, -0.1) is 0 Å². The van der Waals surface area contributed by atoms with Crippen molar-refractivity contribution < 1.29 is 19.3 Å². The minimum absolute atomic E-state index is 0.0614. The summed E-state index contributed by atoms with van der Waals surface area (Å²) in [4.78, 5) is 49.8. The van der Waals surface area contributed by atoms with Crippen LogP contribution in [0.2, 0.25) is 0 Å². The van der Waals surface area contributed by atoms with Gasteiger partial charge < -0.3 is 26.1 Å². The van der Waals surface area contributed by atoms with Crippen LogP contribution in [0.15, 0.2) is 12.4 Å². The number of carbonyl (C=O) groups excluding carboxylic acids is 3. The van der Waals surface area contributed by atoms with E-state index in [1.165, 1.54) is 26.2 Å². The number of nitrogens with one attached hydrogen (secondary N) is 3. The zero-order valence-corrected chi connectivity index (χ0v) is 17.7. The van der Waals surface area contributed by atoms with Crippen molar-refractivity contribution in [1.29, 1.82) is 0 Å². The first-order chi connectivity index (χ1) is 13.3. The van der Waals surface area contributed by atoms with E-state index in [2.05, 4.69) is 20.9 Å². The van der Waals surface area contributed by atoms with Crippen LogP contribution < -0.4 is 16.0 Å². The standard InChI is InChI=1S/C18H30N6O5/c1-12(25)17(3,4)20-9-14(10-21-18(5,6)13(2)26)22-15(27)11-23-8-7-19-16(23)24(28)29/h7-8,14,20-21H,9-11H2,1-6H3,(H,22,27). The van der Waals surface area contributed by atoms with Crippen molar-refractivity contribution in [2.24, 2.45) is 0 Å². The molecule has 0 aliphatic carbocycles. The van der Waals surface area contributed by atoms with Crippen LogP contribution in [0.4, 0.5) is 5.95 Å². The predicted octanol–water partition coefficient (Wildman–Crippen LogP) is 0.191. The van der Waals surface area contributed by atoms with E-state index >= 15 is 0 Å². The number of ketones is 2. The summed E-state index contributed by atoms with van der Waals surface area (Å²) in [5.74, 6) is -1.01. The Morgan fingerprint density at radius 1 is 1.10 bits per heavy atom. The zero-order valence-electron chi connectivity index (χ0n) is 17.7. The van der Waals surface area contributed by atoms with Gasteiger partial charge in [-0.25, -0.2) is 4.57 Å². The molecule has 1 heterocycles. The molecule has 1 rings (SSSR count).